The van der Waals surface area contributed by atoms with Crippen LogP contribution in [0.25, 0.3) is 11.5 Å². The third-order valence-corrected chi connectivity index (χ3v) is 3.11. The van der Waals surface area contributed by atoms with Crippen molar-refractivity contribution in [3.63, 3.8) is 0 Å². The molecule has 0 aliphatic heterocycles. The van der Waals surface area contributed by atoms with Gasteiger partial charge in [0.1, 0.15) is 5.75 Å². The van der Waals surface area contributed by atoms with Gasteiger partial charge in [0.2, 0.25) is 0 Å². The van der Waals surface area contributed by atoms with Crippen molar-refractivity contribution in [3.05, 3.63) is 24.3 Å². The first-order valence-corrected chi connectivity index (χ1v) is 6.50. The van der Waals surface area contributed by atoms with Crippen LogP contribution in [0.5, 0.6) is 5.75 Å². The number of para-hydroxylation sites is 1. The van der Waals surface area contributed by atoms with E-state index in [1.165, 1.54) is 11.8 Å². The number of methoxy groups -OCH3 is 1. The van der Waals surface area contributed by atoms with Crippen LogP contribution in [0.2, 0.25) is 0 Å². The second kappa shape index (κ2) is 6.24. The lowest BCUT2D eigenvalue weighted by Gasteiger charge is -2.03. The number of hydrogen-bond donors (Lipinski definition) is 1. The Morgan fingerprint density at radius 1 is 1.42 bits per heavy atom. The van der Waals surface area contributed by atoms with Crippen molar-refractivity contribution in [1.29, 1.82) is 0 Å². The summed E-state index contributed by atoms with van der Waals surface area (Å²) >= 11 is 1.22. The third kappa shape index (κ3) is 3.47. The highest BCUT2D eigenvalue weighted by atomic mass is 32.2. The molecular weight excluding hydrogens is 268 g/mol. The van der Waals surface area contributed by atoms with Crippen LogP contribution in [0, 0.1) is 0 Å². The number of ether oxygens (including phenoxy) is 1. The van der Waals surface area contributed by atoms with Gasteiger partial charge in [-0.25, -0.2) is 0 Å². The van der Waals surface area contributed by atoms with Crippen LogP contribution in [0.1, 0.15) is 6.42 Å². The number of hydrogen-bond acceptors (Lipinski definition) is 6. The van der Waals surface area contributed by atoms with E-state index in [4.69, 9.17) is 14.3 Å². The van der Waals surface area contributed by atoms with Gasteiger partial charge < -0.3 is 14.3 Å². The van der Waals surface area contributed by atoms with Crippen LogP contribution in [-0.2, 0) is 4.79 Å². The summed E-state index contributed by atoms with van der Waals surface area (Å²) in [4.78, 5) is 10.4. The van der Waals surface area contributed by atoms with Gasteiger partial charge in [0, 0.05) is 5.75 Å². The van der Waals surface area contributed by atoms with E-state index in [0.717, 1.165) is 0 Å². The lowest BCUT2D eigenvalue weighted by molar-refractivity contribution is -0.136. The number of thioether (sulfide) groups is 1. The van der Waals surface area contributed by atoms with Crippen LogP contribution in [0.15, 0.2) is 33.9 Å². The minimum atomic E-state index is -0.850. The maximum Gasteiger partial charge on any atom is 0.304 e. The molecule has 0 spiro atoms. The Kier molecular flexibility index (Phi) is 4.40. The van der Waals surface area contributed by atoms with E-state index in [1.807, 2.05) is 18.2 Å². The van der Waals surface area contributed by atoms with Crippen LogP contribution in [-0.4, -0.2) is 34.1 Å². The summed E-state index contributed by atoms with van der Waals surface area (Å²) in [5.74, 6) is 0.545. The quantitative estimate of drug-likeness (QED) is 0.812. The summed E-state index contributed by atoms with van der Waals surface area (Å²) in [7, 11) is 1.57. The minimum absolute atomic E-state index is 0.0526. The summed E-state index contributed by atoms with van der Waals surface area (Å²) in [6, 6.07) is 7.31. The van der Waals surface area contributed by atoms with E-state index in [9.17, 15) is 4.79 Å². The molecular formula is C12H12N2O4S. The molecule has 0 fully saturated rings. The molecule has 0 bridgehead atoms. The monoisotopic (exact) mass is 280 g/mol. The molecule has 0 aliphatic rings. The minimum Gasteiger partial charge on any atom is -0.496 e. The molecule has 7 heteroatoms. The molecule has 0 unspecified atom stereocenters. The number of carboxylic acid groups (broad SMARTS) is 1. The Morgan fingerprint density at radius 3 is 2.95 bits per heavy atom. The topological polar surface area (TPSA) is 85.5 Å². The van der Waals surface area contributed by atoms with Crippen molar-refractivity contribution < 1.29 is 19.1 Å². The molecule has 0 aliphatic carbocycles. The van der Waals surface area contributed by atoms with E-state index in [1.54, 1.807) is 13.2 Å². The first-order valence-electron chi connectivity index (χ1n) is 5.52. The van der Waals surface area contributed by atoms with Gasteiger partial charge in [0.15, 0.2) is 0 Å². The van der Waals surface area contributed by atoms with Gasteiger partial charge in [-0.2, -0.15) is 0 Å². The molecule has 19 heavy (non-hydrogen) atoms. The number of aliphatic carboxylic acids is 1. The molecule has 2 aromatic rings. The highest BCUT2D eigenvalue weighted by Gasteiger charge is 2.13. The predicted octanol–water partition coefficient (Wildman–Crippen LogP) is 2.31. The van der Waals surface area contributed by atoms with E-state index < -0.39 is 5.97 Å². The molecule has 0 saturated carbocycles. The van der Waals surface area contributed by atoms with Crippen molar-refractivity contribution in [3.8, 4) is 17.2 Å². The fraction of sp³-hybridized carbons (Fsp3) is 0.250. The molecule has 100 valence electrons. The smallest absolute Gasteiger partial charge is 0.304 e. The van der Waals surface area contributed by atoms with E-state index in [2.05, 4.69) is 10.2 Å². The van der Waals surface area contributed by atoms with Crippen molar-refractivity contribution in [2.45, 2.75) is 11.6 Å². The van der Waals surface area contributed by atoms with Crippen molar-refractivity contribution in [2.75, 3.05) is 12.9 Å². The molecule has 1 N–H and O–H groups in total. The first kappa shape index (κ1) is 13.4. The first-order chi connectivity index (χ1) is 9.20. The second-order valence-electron chi connectivity index (χ2n) is 3.57. The van der Waals surface area contributed by atoms with Gasteiger partial charge >= 0.3 is 5.97 Å². The Balaban J connectivity index is 2.10. The largest absolute Gasteiger partial charge is 0.496 e. The summed E-state index contributed by atoms with van der Waals surface area (Å²) in [6.45, 7) is 0. The van der Waals surface area contributed by atoms with Gasteiger partial charge in [-0.3, -0.25) is 4.79 Å². The van der Waals surface area contributed by atoms with Crippen LogP contribution >= 0.6 is 11.8 Å². The normalized spacial score (nSPS) is 10.4. The van der Waals surface area contributed by atoms with Crippen molar-refractivity contribution in [1.82, 2.24) is 10.2 Å². The summed E-state index contributed by atoms with van der Waals surface area (Å²) in [6.07, 6.45) is 0.0526. The molecule has 1 aromatic heterocycles. The zero-order valence-electron chi connectivity index (χ0n) is 10.2. The standard InChI is InChI=1S/C12H12N2O4S/c1-17-9-5-3-2-4-8(9)11-13-14-12(18-11)19-7-6-10(15)16/h2-5H,6-7H2,1H3,(H,15,16). The molecule has 0 saturated heterocycles. The summed E-state index contributed by atoms with van der Waals surface area (Å²) in [5, 5.41) is 16.7. The lowest BCUT2D eigenvalue weighted by Crippen LogP contribution is -1.95. The van der Waals surface area contributed by atoms with Crippen molar-refractivity contribution >= 4 is 17.7 Å². The number of carbonyl (C=O) groups is 1. The zero-order valence-corrected chi connectivity index (χ0v) is 11.0. The predicted molar refractivity (Wildman–Crippen MR) is 69.3 cm³/mol. The molecule has 0 atom stereocenters. The number of aromatic nitrogens is 2. The molecule has 2 rings (SSSR count). The Morgan fingerprint density at radius 2 is 2.21 bits per heavy atom. The third-order valence-electron chi connectivity index (χ3n) is 2.29. The van der Waals surface area contributed by atoms with Gasteiger partial charge in [-0.05, 0) is 12.1 Å². The number of rotatable bonds is 6. The SMILES string of the molecule is COc1ccccc1-c1nnc(SCCC(=O)O)o1. The number of carboxylic acids is 1. The fourth-order valence-electron chi connectivity index (χ4n) is 1.42. The van der Waals surface area contributed by atoms with E-state index >= 15 is 0 Å². The van der Waals surface area contributed by atoms with Crippen LogP contribution in [0.4, 0.5) is 0 Å². The molecule has 0 amide bonds. The molecule has 1 aromatic carbocycles. The average molecular weight is 280 g/mol. The second-order valence-corrected chi connectivity index (χ2v) is 4.61. The maximum absolute atomic E-state index is 10.4. The number of nitrogens with zero attached hydrogens (tertiary/aromatic N) is 2. The van der Waals surface area contributed by atoms with E-state index in [0.29, 0.717) is 28.2 Å². The molecule has 1 heterocycles. The fourth-order valence-corrected chi connectivity index (χ4v) is 2.11. The van der Waals surface area contributed by atoms with Crippen LogP contribution in [0.3, 0.4) is 0 Å². The summed E-state index contributed by atoms with van der Waals surface area (Å²) < 4.78 is 10.7. The zero-order chi connectivity index (χ0) is 13.7. The van der Waals surface area contributed by atoms with Crippen LogP contribution < -0.4 is 4.74 Å². The van der Waals surface area contributed by atoms with E-state index in [-0.39, 0.29) is 6.42 Å². The summed E-state index contributed by atoms with van der Waals surface area (Å²) in [5.41, 5.74) is 0.711. The van der Waals surface area contributed by atoms with Gasteiger partial charge in [-0.1, -0.05) is 23.9 Å². The van der Waals surface area contributed by atoms with Gasteiger partial charge in [-0.15, -0.1) is 10.2 Å². The van der Waals surface area contributed by atoms with Gasteiger partial charge in [0.25, 0.3) is 11.1 Å². The molecule has 0 radical (unpaired) electrons. The average Bonchev–Trinajstić information content (AvgIpc) is 2.87. The highest BCUT2D eigenvalue weighted by Crippen LogP contribution is 2.30. The lowest BCUT2D eigenvalue weighted by atomic mass is 10.2. The highest BCUT2D eigenvalue weighted by molar-refractivity contribution is 7.99. The Bertz CT molecular complexity index is 570. The Labute approximate surface area is 113 Å². The molecule has 6 nitrogen and oxygen atoms in total. The Hall–Kier alpha value is -2.02. The van der Waals surface area contributed by atoms with Gasteiger partial charge in [0.05, 0.1) is 19.1 Å². The van der Waals surface area contributed by atoms with Crippen molar-refractivity contribution in [2.24, 2.45) is 0 Å². The number of benzene rings is 1. The maximum atomic E-state index is 10.4.